The molecule has 0 saturated carbocycles. The zero-order chi connectivity index (χ0) is 22.4. The molecule has 8 heteroatoms. The fourth-order valence-corrected chi connectivity index (χ4v) is 4.08. The molecule has 3 atom stereocenters. The van der Waals surface area contributed by atoms with Gasteiger partial charge in [-0.1, -0.05) is 30.3 Å². The van der Waals surface area contributed by atoms with Crippen LogP contribution >= 0.6 is 0 Å². The normalized spacial score (nSPS) is 24.4. The maximum atomic E-state index is 12.7. The van der Waals surface area contributed by atoms with Crippen LogP contribution < -0.4 is 5.32 Å². The Labute approximate surface area is 183 Å². The van der Waals surface area contributed by atoms with E-state index in [1.54, 1.807) is 4.90 Å². The highest BCUT2D eigenvalue weighted by molar-refractivity contribution is 5.77. The summed E-state index contributed by atoms with van der Waals surface area (Å²) < 4.78 is 17.1. The van der Waals surface area contributed by atoms with Gasteiger partial charge in [-0.2, -0.15) is 0 Å². The second-order valence-electron chi connectivity index (χ2n) is 8.60. The smallest absolute Gasteiger partial charge is 0.306 e. The molecular formula is C23H32N2O6. The second kappa shape index (κ2) is 10.2. The van der Waals surface area contributed by atoms with Gasteiger partial charge in [0.05, 0.1) is 6.04 Å². The van der Waals surface area contributed by atoms with Gasteiger partial charge in [0.25, 0.3) is 0 Å². The maximum Gasteiger partial charge on any atom is 0.306 e. The van der Waals surface area contributed by atoms with Gasteiger partial charge in [0.2, 0.25) is 11.8 Å². The zero-order valence-corrected chi connectivity index (χ0v) is 18.5. The van der Waals surface area contributed by atoms with Crippen molar-refractivity contribution in [2.24, 2.45) is 0 Å². The number of unbranched alkanes of at least 4 members (excludes halogenated alkanes) is 1. The third-order valence-corrected chi connectivity index (χ3v) is 5.44. The summed E-state index contributed by atoms with van der Waals surface area (Å²) in [5.41, 5.74) is 0.949. The molecule has 0 radical (unpaired) electrons. The van der Waals surface area contributed by atoms with Crippen molar-refractivity contribution in [3.8, 4) is 0 Å². The minimum atomic E-state index is -0.745. The van der Waals surface area contributed by atoms with Crippen molar-refractivity contribution in [3.05, 3.63) is 35.9 Å². The summed E-state index contributed by atoms with van der Waals surface area (Å²) in [5, 5.41) is 2.89. The molecule has 3 rings (SSSR count). The molecule has 2 aliphatic rings. The molecule has 2 saturated heterocycles. The molecule has 0 bridgehead atoms. The minimum Gasteiger partial charge on any atom is -0.461 e. The number of hydrogen-bond acceptors (Lipinski definition) is 6. The van der Waals surface area contributed by atoms with E-state index < -0.39 is 5.79 Å². The van der Waals surface area contributed by atoms with Crippen LogP contribution in [0, 0.1) is 0 Å². The molecule has 2 aliphatic heterocycles. The van der Waals surface area contributed by atoms with Gasteiger partial charge < -0.3 is 24.4 Å². The van der Waals surface area contributed by atoms with E-state index in [2.05, 4.69) is 5.32 Å². The molecule has 0 spiro atoms. The van der Waals surface area contributed by atoms with Gasteiger partial charge in [-0.25, -0.2) is 0 Å². The number of nitrogens with one attached hydrogen (secondary N) is 1. The van der Waals surface area contributed by atoms with Crippen LogP contribution in [-0.2, 0) is 35.2 Å². The number of amides is 2. The van der Waals surface area contributed by atoms with Crippen LogP contribution in [0.5, 0.6) is 0 Å². The van der Waals surface area contributed by atoms with E-state index in [9.17, 15) is 14.4 Å². The van der Waals surface area contributed by atoms with Gasteiger partial charge in [0, 0.05) is 32.9 Å². The molecule has 0 unspecified atom stereocenters. The Morgan fingerprint density at radius 3 is 2.52 bits per heavy atom. The first-order valence-electron chi connectivity index (χ1n) is 10.8. The number of piperidine rings is 1. The van der Waals surface area contributed by atoms with Gasteiger partial charge in [-0.15, -0.1) is 0 Å². The molecule has 1 N–H and O–H groups in total. The lowest BCUT2D eigenvalue weighted by Gasteiger charge is -2.39. The average Bonchev–Trinajstić information content (AvgIpc) is 3.04. The molecule has 170 valence electrons. The van der Waals surface area contributed by atoms with Crippen LogP contribution in [-0.4, -0.2) is 59.8 Å². The van der Waals surface area contributed by atoms with Crippen molar-refractivity contribution < 1.29 is 28.6 Å². The van der Waals surface area contributed by atoms with E-state index in [4.69, 9.17) is 14.2 Å². The number of ether oxygens (including phenoxy) is 3. The molecule has 31 heavy (non-hydrogen) atoms. The standard InChI is InChI=1S/C23H32N2O6/c1-16(26)24-18-13-25(14-19-22(18)31-23(2,3)30-19)20(27)11-7-8-12-21(28)29-15-17-9-5-4-6-10-17/h4-6,9-10,18-19,22H,7-8,11-15H2,1-3H3,(H,24,26)/t18-,19-,22+/m0/s1. The Morgan fingerprint density at radius 2 is 1.81 bits per heavy atom. The van der Waals surface area contributed by atoms with Crippen LogP contribution in [0.3, 0.4) is 0 Å². The van der Waals surface area contributed by atoms with Gasteiger partial charge in [0.1, 0.15) is 18.8 Å². The lowest BCUT2D eigenvalue weighted by Crippen LogP contribution is -2.61. The SMILES string of the molecule is CC(=O)N[C@H]1CN(C(=O)CCCCC(=O)OCc2ccccc2)C[C@@H]2OC(C)(C)O[C@H]12. The van der Waals surface area contributed by atoms with E-state index in [1.165, 1.54) is 6.92 Å². The number of rotatable bonds is 8. The summed E-state index contributed by atoms with van der Waals surface area (Å²) >= 11 is 0. The first-order chi connectivity index (χ1) is 14.7. The van der Waals surface area contributed by atoms with Crippen molar-refractivity contribution in [3.63, 3.8) is 0 Å². The van der Waals surface area contributed by atoms with Crippen molar-refractivity contribution in [1.29, 1.82) is 0 Å². The predicted molar refractivity (Wildman–Crippen MR) is 113 cm³/mol. The molecule has 1 aromatic carbocycles. The number of nitrogens with zero attached hydrogens (tertiary/aromatic N) is 1. The van der Waals surface area contributed by atoms with E-state index in [-0.39, 0.29) is 49.1 Å². The predicted octanol–water partition coefficient (Wildman–Crippen LogP) is 2.16. The van der Waals surface area contributed by atoms with Gasteiger partial charge >= 0.3 is 5.97 Å². The van der Waals surface area contributed by atoms with Gasteiger partial charge in [0.15, 0.2) is 5.79 Å². The first kappa shape index (κ1) is 23.2. The molecule has 2 heterocycles. The number of carbonyl (C=O) groups is 3. The van der Waals surface area contributed by atoms with Crippen LogP contribution in [0.15, 0.2) is 30.3 Å². The van der Waals surface area contributed by atoms with E-state index in [1.807, 2.05) is 44.2 Å². The number of esters is 1. The Balaban J connectivity index is 1.41. The fourth-order valence-electron chi connectivity index (χ4n) is 4.08. The summed E-state index contributed by atoms with van der Waals surface area (Å²) in [6, 6.07) is 9.22. The topological polar surface area (TPSA) is 94.2 Å². The highest BCUT2D eigenvalue weighted by Crippen LogP contribution is 2.33. The lowest BCUT2D eigenvalue weighted by molar-refractivity contribution is -0.148. The third-order valence-electron chi connectivity index (χ3n) is 5.44. The molecule has 1 aromatic rings. The number of fused-ring (bicyclic) bond motifs is 1. The summed E-state index contributed by atoms with van der Waals surface area (Å²) in [5.74, 6) is -1.19. The second-order valence-corrected chi connectivity index (χ2v) is 8.60. The highest BCUT2D eigenvalue weighted by Gasteiger charge is 2.49. The molecule has 2 fully saturated rings. The van der Waals surface area contributed by atoms with Crippen LogP contribution in [0.2, 0.25) is 0 Å². The minimum absolute atomic E-state index is 0.0141. The Bertz CT molecular complexity index is 782. The van der Waals surface area contributed by atoms with Gasteiger partial charge in [-0.05, 0) is 32.3 Å². The average molecular weight is 433 g/mol. The molecular weight excluding hydrogens is 400 g/mol. The number of benzene rings is 1. The van der Waals surface area contributed by atoms with Crippen LogP contribution in [0.25, 0.3) is 0 Å². The third kappa shape index (κ3) is 6.77. The van der Waals surface area contributed by atoms with Crippen molar-refractivity contribution in [1.82, 2.24) is 10.2 Å². The molecule has 8 nitrogen and oxygen atoms in total. The van der Waals surface area contributed by atoms with Gasteiger partial charge in [-0.3, -0.25) is 14.4 Å². The largest absolute Gasteiger partial charge is 0.461 e. The zero-order valence-electron chi connectivity index (χ0n) is 18.5. The lowest BCUT2D eigenvalue weighted by atomic mass is 9.98. The van der Waals surface area contributed by atoms with E-state index in [0.717, 1.165) is 5.56 Å². The highest BCUT2D eigenvalue weighted by atomic mass is 16.8. The quantitative estimate of drug-likeness (QED) is 0.500. The van der Waals surface area contributed by atoms with Crippen molar-refractivity contribution in [2.75, 3.05) is 13.1 Å². The van der Waals surface area contributed by atoms with Crippen LogP contribution in [0.1, 0.15) is 52.0 Å². The monoisotopic (exact) mass is 432 g/mol. The fraction of sp³-hybridized carbons (Fsp3) is 0.609. The molecule has 0 aliphatic carbocycles. The summed E-state index contributed by atoms with van der Waals surface area (Å²) in [4.78, 5) is 38.0. The number of hydrogen-bond donors (Lipinski definition) is 1. The van der Waals surface area contributed by atoms with Crippen molar-refractivity contribution >= 4 is 17.8 Å². The summed E-state index contributed by atoms with van der Waals surface area (Å²) in [6.07, 6.45) is 1.24. The molecule has 2 amide bonds. The van der Waals surface area contributed by atoms with Crippen molar-refractivity contribution in [2.45, 2.75) is 77.1 Å². The first-order valence-corrected chi connectivity index (χ1v) is 10.8. The Kier molecular flexibility index (Phi) is 7.67. The van der Waals surface area contributed by atoms with Crippen LogP contribution in [0.4, 0.5) is 0 Å². The molecule has 0 aromatic heterocycles. The summed E-state index contributed by atoms with van der Waals surface area (Å²) in [6.45, 7) is 6.20. The Morgan fingerprint density at radius 1 is 1.10 bits per heavy atom. The maximum absolute atomic E-state index is 12.7. The van der Waals surface area contributed by atoms with E-state index >= 15 is 0 Å². The summed E-state index contributed by atoms with van der Waals surface area (Å²) in [7, 11) is 0. The number of carbonyl (C=O) groups excluding carboxylic acids is 3. The van der Waals surface area contributed by atoms with E-state index in [0.29, 0.717) is 32.4 Å². The number of likely N-dealkylation sites (tertiary alicyclic amines) is 1. The Hall–Kier alpha value is -2.45.